The molecule has 1 saturated heterocycles. The Morgan fingerprint density at radius 2 is 1.30 bits per heavy atom. The average molecular weight is 467 g/mol. The quantitative estimate of drug-likeness (QED) is 0.446. The Labute approximate surface area is 189 Å². The standard InChI is InChI=1S/C21H25NO11/c1-10(23)22-14-6-8-15(9-7-14)32-21-19(31-13(4)26)17(30-12(3)25)16(29-11(2)24)18(33-21)20(27)28-5/h6-9,16-19,21H,1-5H3,(H,22,23)/t16-,17-,18?,19-,21+/m0/s1. The highest BCUT2D eigenvalue weighted by Gasteiger charge is 2.55. The normalized spacial score (nSPS) is 24.1. The van der Waals surface area contributed by atoms with Crippen LogP contribution in [0.3, 0.4) is 0 Å². The molecule has 1 unspecified atom stereocenters. The maximum atomic E-state index is 12.4. The van der Waals surface area contributed by atoms with Gasteiger partial charge in [0.15, 0.2) is 18.3 Å². The highest BCUT2D eigenvalue weighted by Crippen LogP contribution is 2.31. The monoisotopic (exact) mass is 467 g/mol. The molecule has 0 bridgehead atoms. The molecule has 12 nitrogen and oxygen atoms in total. The number of hydrogen-bond acceptors (Lipinski definition) is 11. The SMILES string of the molecule is COC(=O)C1O[C@@H](Oc2ccc(NC(C)=O)cc2)[C@@H](OC(C)=O)[C@@H](OC(C)=O)[C@@H]1OC(C)=O. The molecule has 1 heterocycles. The lowest BCUT2D eigenvalue weighted by Gasteiger charge is -2.43. The minimum Gasteiger partial charge on any atom is -0.467 e. The number of hydrogen-bond donors (Lipinski definition) is 1. The van der Waals surface area contributed by atoms with Gasteiger partial charge < -0.3 is 33.7 Å². The summed E-state index contributed by atoms with van der Waals surface area (Å²) in [5, 5.41) is 2.59. The molecule has 5 atom stereocenters. The molecule has 1 aliphatic heterocycles. The molecule has 0 radical (unpaired) electrons. The van der Waals surface area contributed by atoms with Crippen molar-refractivity contribution >= 4 is 35.5 Å². The summed E-state index contributed by atoms with van der Waals surface area (Å²) in [5.74, 6) is -3.36. The summed E-state index contributed by atoms with van der Waals surface area (Å²) in [6.45, 7) is 4.64. The minimum absolute atomic E-state index is 0.211. The van der Waals surface area contributed by atoms with E-state index in [9.17, 15) is 24.0 Å². The van der Waals surface area contributed by atoms with Gasteiger partial charge in [0, 0.05) is 33.4 Å². The van der Waals surface area contributed by atoms with Gasteiger partial charge in [0.25, 0.3) is 0 Å². The topological polar surface area (TPSA) is 153 Å². The summed E-state index contributed by atoms with van der Waals surface area (Å²) in [6.07, 6.45) is -7.35. The minimum atomic E-state index is -1.56. The number of esters is 4. The van der Waals surface area contributed by atoms with E-state index in [1.165, 1.54) is 19.1 Å². The fourth-order valence-corrected chi connectivity index (χ4v) is 3.13. The van der Waals surface area contributed by atoms with Crippen molar-refractivity contribution in [1.29, 1.82) is 0 Å². The van der Waals surface area contributed by atoms with Crippen molar-refractivity contribution in [2.45, 2.75) is 58.4 Å². The van der Waals surface area contributed by atoms with Crippen LogP contribution in [0.4, 0.5) is 5.69 Å². The second kappa shape index (κ2) is 11.3. The molecule has 1 N–H and O–H groups in total. The van der Waals surface area contributed by atoms with E-state index in [0.717, 1.165) is 27.9 Å². The first-order chi connectivity index (χ1) is 15.5. The lowest BCUT2D eigenvalue weighted by Crippen LogP contribution is -2.64. The van der Waals surface area contributed by atoms with Crippen LogP contribution in [0.2, 0.25) is 0 Å². The molecular weight excluding hydrogens is 442 g/mol. The zero-order valence-corrected chi connectivity index (χ0v) is 18.7. The smallest absolute Gasteiger partial charge is 0.339 e. The summed E-state index contributed by atoms with van der Waals surface area (Å²) >= 11 is 0. The van der Waals surface area contributed by atoms with Crippen molar-refractivity contribution in [3.05, 3.63) is 24.3 Å². The average Bonchev–Trinajstić information content (AvgIpc) is 2.71. The second-order valence-corrected chi connectivity index (χ2v) is 6.99. The van der Waals surface area contributed by atoms with E-state index in [1.807, 2.05) is 0 Å². The van der Waals surface area contributed by atoms with E-state index in [4.69, 9.17) is 28.4 Å². The predicted octanol–water partition coefficient (Wildman–Crippen LogP) is 0.717. The third-order valence-corrected chi connectivity index (χ3v) is 4.26. The fraction of sp³-hybridized carbons (Fsp3) is 0.476. The molecule has 0 aromatic heterocycles. The van der Waals surface area contributed by atoms with Gasteiger partial charge >= 0.3 is 23.9 Å². The summed E-state index contributed by atoms with van der Waals surface area (Å²) < 4.78 is 31.9. The molecule has 1 amide bonds. The van der Waals surface area contributed by atoms with Crippen LogP contribution in [0.1, 0.15) is 27.7 Å². The number of amides is 1. The molecule has 1 aliphatic rings. The molecule has 12 heteroatoms. The van der Waals surface area contributed by atoms with Crippen LogP contribution in [0.15, 0.2) is 24.3 Å². The first-order valence-corrected chi connectivity index (χ1v) is 9.81. The van der Waals surface area contributed by atoms with Gasteiger partial charge in [-0.15, -0.1) is 0 Å². The molecule has 1 fully saturated rings. The number of carbonyl (C=O) groups is 5. The van der Waals surface area contributed by atoms with Crippen molar-refractivity contribution in [2.24, 2.45) is 0 Å². The van der Waals surface area contributed by atoms with Crippen LogP contribution < -0.4 is 10.1 Å². The van der Waals surface area contributed by atoms with Crippen LogP contribution in [-0.4, -0.2) is 67.6 Å². The number of ether oxygens (including phenoxy) is 6. The Kier molecular flexibility index (Phi) is 8.74. The summed E-state index contributed by atoms with van der Waals surface area (Å²) in [5.41, 5.74) is 0.496. The van der Waals surface area contributed by atoms with E-state index in [2.05, 4.69) is 5.32 Å². The van der Waals surface area contributed by atoms with E-state index in [1.54, 1.807) is 12.1 Å². The highest BCUT2D eigenvalue weighted by molar-refractivity contribution is 5.88. The van der Waals surface area contributed by atoms with Crippen molar-refractivity contribution in [1.82, 2.24) is 0 Å². The summed E-state index contributed by atoms with van der Waals surface area (Å²) in [6, 6.07) is 6.07. The van der Waals surface area contributed by atoms with Crippen LogP contribution in [-0.2, 0) is 47.7 Å². The second-order valence-electron chi connectivity index (χ2n) is 6.99. The van der Waals surface area contributed by atoms with Gasteiger partial charge in [0.05, 0.1) is 7.11 Å². The molecule has 1 aromatic carbocycles. The zero-order chi connectivity index (χ0) is 24.7. The number of carbonyl (C=O) groups excluding carboxylic acids is 5. The van der Waals surface area contributed by atoms with Gasteiger partial charge in [0.1, 0.15) is 5.75 Å². The number of nitrogens with one attached hydrogen (secondary N) is 1. The van der Waals surface area contributed by atoms with Gasteiger partial charge in [-0.25, -0.2) is 4.79 Å². The highest BCUT2D eigenvalue weighted by atomic mass is 16.7. The lowest BCUT2D eigenvalue weighted by atomic mass is 9.97. The van der Waals surface area contributed by atoms with Crippen LogP contribution in [0.25, 0.3) is 0 Å². The van der Waals surface area contributed by atoms with Gasteiger partial charge in [-0.05, 0) is 24.3 Å². The van der Waals surface area contributed by atoms with Gasteiger partial charge in [0.2, 0.25) is 18.3 Å². The first kappa shape index (κ1) is 25.6. The van der Waals surface area contributed by atoms with E-state index in [0.29, 0.717) is 5.69 Å². The Morgan fingerprint density at radius 1 is 0.788 bits per heavy atom. The molecule has 180 valence electrons. The number of anilines is 1. The Bertz CT molecular complexity index is 898. The van der Waals surface area contributed by atoms with Gasteiger partial charge in [-0.1, -0.05) is 0 Å². The van der Waals surface area contributed by atoms with E-state index < -0.39 is 54.6 Å². The maximum Gasteiger partial charge on any atom is 0.339 e. The van der Waals surface area contributed by atoms with Crippen LogP contribution in [0, 0.1) is 0 Å². The molecule has 33 heavy (non-hydrogen) atoms. The molecule has 0 spiro atoms. The van der Waals surface area contributed by atoms with E-state index in [-0.39, 0.29) is 11.7 Å². The Hall–Kier alpha value is -3.67. The number of methoxy groups -OCH3 is 1. The maximum absolute atomic E-state index is 12.4. The first-order valence-electron chi connectivity index (χ1n) is 9.81. The molecule has 0 aliphatic carbocycles. The van der Waals surface area contributed by atoms with Crippen molar-refractivity contribution in [3.63, 3.8) is 0 Å². The molecule has 1 aromatic rings. The van der Waals surface area contributed by atoms with Crippen molar-refractivity contribution in [2.75, 3.05) is 12.4 Å². The van der Waals surface area contributed by atoms with Crippen molar-refractivity contribution in [3.8, 4) is 5.75 Å². The third-order valence-electron chi connectivity index (χ3n) is 4.26. The largest absolute Gasteiger partial charge is 0.467 e. The van der Waals surface area contributed by atoms with Crippen LogP contribution in [0.5, 0.6) is 5.75 Å². The molecule has 0 saturated carbocycles. The van der Waals surface area contributed by atoms with Crippen molar-refractivity contribution < 1.29 is 52.4 Å². The van der Waals surface area contributed by atoms with Crippen LogP contribution >= 0.6 is 0 Å². The zero-order valence-electron chi connectivity index (χ0n) is 18.7. The summed E-state index contributed by atoms with van der Waals surface area (Å²) in [4.78, 5) is 58.8. The fourth-order valence-electron chi connectivity index (χ4n) is 3.13. The third kappa shape index (κ3) is 7.17. The Morgan fingerprint density at radius 3 is 1.79 bits per heavy atom. The lowest BCUT2D eigenvalue weighted by molar-refractivity contribution is -0.282. The van der Waals surface area contributed by atoms with Gasteiger partial charge in [-0.3, -0.25) is 19.2 Å². The molecule has 2 rings (SSSR count). The van der Waals surface area contributed by atoms with Gasteiger partial charge in [-0.2, -0.15) is 0 Å². The number of rotatable bonds is 7. The Balaban J connectivity index is 2.43. The molecular formula is C21H25NO11. The summed E-state index contributed by atoms with van der Waals surface area (Å²) in [7, 11) is 1.09. The predicted molar refractivity (Wildman–Crippen MR) is 109 cm³/mol. The number of benzene rings is 1. The van der Waals surface area contributed by atoms with E-state index >= 15 is 0 Å².